The summed E-state index contributed by atoms with van der Waals surface area (Å²) in [5.41, 5.74) is 1.75. The fourth-order valence-corrected chi connectivity index (χ4v) is 7.56. The van der Waals surface area contributed by atoms with Gasteiger partial charge in [-0.1, -0.05) is 95.0 Å². The van der Waals surface area contributed by atoms with Crippen LogP contribution in [0.4, 0.5) is 8.78 Å². The monoisotopic (exact) mass is 668 g/mol. The standard InChI is InChI=1S/C40H54F2O6/c1-4-5-6-7-28-8-10-29(11-9-28)30-12-16-32(17-13-30)35-20-21-36(38(42)37(35)41)33-18-14-31(15-19-33)34(24-47-39(45)26(2)22-43)25-48-40(46)27(3)23-44/h14-15,18-21,28-30,32,34,39,43-45H,2-13,16-17,22-25H2,1H3. The second-order valence-electron chi connectivity index (χ2n) is 13.9. The summed E-state index contributed by atoms with van der Waals surface area (Å²) in [5, 5.41) is 28.5. The topological polar surface area (TPSA) is 96.2 Å². The lowest BCUT2D eigenvalue weighted by Gasteiger charge is -2.38. The highest BCUT2D eigenvalue weighted by Crippen LogP contribution is 2.45. The highest BCUT2D eigenvalue weighted by atomic mass is 19.2. The Bertz CT molecular complexity index is 1340. The summed E-state index contributed by atoms with van der Waals surface area (Å²) in [6, 6.07) is 10.2. The van der Waals surface area contributed by atoms with Crippen molar-refractivity contribution in [3.63, 3.8) is 0 Å². The van der Waals surface area contributed by atoms with E-state index in [4.69, 9.17) is 14.6 Å². The van der Waals surface area contributed by atoms with Gasteiger partial charge >= 0.3 is 5.97 Å². The highest BCUT2D eigenvalue weighted by molar-refractivity contribution is 5.87. The summed E-state index contributed by atoms with van der Waals surface area (Å²) >= 11 is 0. The number of aliphatic hydroxyl groups is 3. The number of carbonyl (C=O) groups is 1. The first kappa shape index (κ1) is 37.9. The predicted molar refractivity (Wildman–Crippen MR) is 184 cm³/mol. The van der Waals surface area contributed by atoms with Gasteiger partial charge in [-0.2, -0.15) is 0 Å². The molecule has 0 spiro atoms. The van der Waals surface area contributed by atoms with Gasteiger partial charge in [0.15, 0.2) is 17.9 Å². The largest absolute Gasteiger partial charge is 0.462 e. The number of unbranched alkanes of at least 4 members (excludes halogenated alkanes) is 2. The van der Waals surface area contributed by atoms with E-state index in [2.05, 4.69) is 20.1 Å². The smallest absolute Gasteiger partial charge is 0.335 e. The third kappa shape index (κ3) is 10.1. The van der Waals surface area contributed by atoms with E-state index in [1.165, 1.54) is 51.4 Å². The molecule has 0 aliphatic heterocycles. The van der Waals surface area contributed by atoms with E-state index in [9.17, 15) is 15.0 Å². The fourth-order valence-electron chi connectivity index (χ4n) is 7.56. The molecule has 8 heteroatoms. The van der Waals surface area contributed by atoms with Crippen molar-refractivity contribution in [3.05, 3.63) is 83.5 Å². The molecule has 0 heterocycles. The average Bonchev–Trinajstić information content (AvgIpc) is 3.12. The molecule has 264 valence electrons. The highest BCUT2D eigenvalue weighted by Gasteiger charge is 2.32. The van der Waals surface area contributed by atoms with Crippen molar-refractivity contribution in [3.8, 4) is 11.1 Å². The Balaban J connectivity index is 1.38. The number of halogens is 2. The average molecular weight is 669 g/mol. The van der Waals surface area contributed by atoms with E-state index in [-0.39, 0.29) is 35.8 Å². The van der Waals surface area contributed by atoms with Crippen LogP contribution in [0.2, 0.25) is 0 Å². The van der Waals surface area contributed by atoms with Crippen molar-refractivity contribution in [1.82, 2.24) is 0 Å². The van der Waals surface area contributed by atoms with Crippen LogP contribution in [0.15, 0.2) is 60.7 Å². The minimum absolute atomic E-state index is 0.0280. The van der Waals surface area contributed by atoms with Crippen LogP contribution in [0, 0.1) is 29.4 Å². The maximum atomic E-state index is 15.6. The van der Waals surface area contributed by atoms with Gasteiger partial charge in [-0.25, -0.2) is 13.6 Å². The second kappa shape index (κ2) is 18.7. The molecule has 2 atom stereocenters. The van der Waals surface area contributed by atoms with E-state index in [0.717, 1.165) is 37.5 Å². The summed E-state index contributed by atoms with van der Waals surface area (Å²) in [7, 11) is 0. The van der Waals surface area contributed by atoms with Crippen LogP contribution >= 0.6 is 0 Å². The Hall–Kier alpha value is -2.91. The molecular weight excluding hydrogens is 614 g/mol. The molecule has 2 aliphatic carbocycles. The number of rotatable bonds is 17. The Morgan fingerprint density at radius 3 is 2.10 bits per heavy atom. The van der Waals surface area contributed by atoms with E-state index in [1.54, 1.807) is 36.4 Å². The van der Waals surface area contributed by atoms with Crippen molar-refractivity contribution < 1.29 is 38.4 Å². The quantitative estimate of drug-likeness (QED) is 0.0516. The van der Waals surface area contributed by atoms with Gasteiger partial charge in [0.2, 0.25) is 0 Å². The number of benzene rings is 2. The molecule has 4 rings (SSSR count). The Labute approximate surface area is 284 Å². The normalized spacial score (nSPS) is 22.5. The molecule has 6 nitrogen and oxygen atoms in total. The SMILES string of the molecule is C=C(CO)C(=O)OCC(COC(O)C(=C)CO)c1ccc(-c2ccc(C3CCC(C4CCC(CCCCC)CC4)CC3)c(F)c2F)cc1. The van der Waals surface area contributed by atoms with Crippen LogP contribution in [0.3, 0.4) is 0 Å². The van der Waals surface area contributed by atoms with Crippen molar-refractivity contribution in [2.75, 3.05) is 26.4 Å². The fraction of sp³-hybridized carbons (Fsp3) is 0.575. The van der Waals surface area contributed by atoms with Gasteiger partial charge in [-0.05, 0) is 78.9 Å². The van der Waals surface area contributed by atoms with Crippen LogP contribution in [0.1, 0.15) is 107 Å². The zero-order valence-corrected chi connectivity index (χ0v) is 28.5. The van der Waals surface area contributed by atoms with E-state index < -0.39 is 43.0 Å². The van der Waals surface area contributed by atoms with Crippen molar-refractivity contribution in [1.29, 1.82) is 0 Å². The molecule has 2 unspecified atom stereocenters. The first-order chi connectivity index (χ1) is 23.2. The maximum Gasteiger partial charge on any atom is 0.335 e. The number of esters is 1. The molecule has 3 N–H and O–H groups in total. The van der Waals surface area contributed by atoms with Gasteiger partial charge in [-0.3, -0.25) is 0 Å². The zero-order valence-electron chi connectivity index (χ0n) is 28.5. The van der Waals surface area contributed by atoms with E-state index in [1.807, 2.05) is 0 Å². The van der Waals surface area contributed by atoms with Crippen molar-refractivity contribution in [2.24, 2.45) is 17.8 Å². The van der Waals surface area contributed by atoms with Gasteiger partial charge in [0.25, 0.3) is 0 Å². The third-order valence-electron chi connectivity index (χ3n) is 10.7. The summed E-state index contributed by atoms with van der Waals surface area (Å²) in [4.78, 5) is 12.1. The molecule has 2 aromatic carbocycles. The van der Waals surface area contributed by atoms with Crippen LogP contribution in [-0.2, 0) is 14.3 Å². The van der Waals surface area contributed by atoms with E-state index >= 15 is 8.78 Å². The molecule has 2 fully saturated rings. The molecule has 2 aromatic rings. The molecule has 2 aliphatic rings. The van der Waals surface area contributed by atoms with Crippen molar-refractivity contribution in [2.45, 2.75) is 102 Å². The lowest BCUT2D eigenvalue weighted by atomic mass is 9.68. The molecule has 2 saturated carbocycles. The van der Waals surface area contributed by atoms with Crippen molar-refractivity contribution >= 4 is 5.97 Å². The molecule has 0 amide bonds. The first-order valence-corrected chi connectivity index (χ1v) is 17.8. The minimum Gasteiger partial charge on any atom is -0.462 e. The molecule has 0 radical (unpaired) electrons. The summed E-state index contributed by atoms with van der Waals surface area (Å²) in [5.74, 6) is -0.554. The predicted octanol–water partition coefficient (Wildman–Crippen LogP) is 8.35. The minimum atomic E-state index is -1.43. The van der Waals surface area contributed by atoms with Gasteiger partial charge in [0.05, 0.1) is 25.4 Å². The van der Waals surface area contributed by atoms with Gasteiger partial charge in [-0.15, -0.1) is 0 Å². The lowest BCUT2D eigenvalue weighted by Crippen LogP contribution is -2.25. The maximum absolute atomic E-state index is 15.6. The summed E-state index contributed by atoms with van der Waals surface area (Å²) < 4.78 is 41.9. The molecular formula is C40H54F2O6. The Kier molecular flexibility index (Phi) is 14.8. The molecule has 0 aromatic heterocycles. The molecule has 0 bridgehead atoms. The second-order valence-corrected chi connectivity index (χ2v) is 13.9. The van der Waals surface area contributed by atoms with Gasteiger partial charge in [0, 0.05) is 17.1 Å². The number of hydrogen-bond donors (Lipinski definition) is 3. The first-order valence-electron chi connectivity index (χ1n) is 17.8. The van der Waals surface area contributed by atoms with E-state index in [0.29, 0.717) is 22.6 Å². The summed E-state index contributed by atoms with van der Waals surface area (Å²) in [6.07, 6.45) is 13.2. The third-order valence-corrected chi connectivity index (χ3v) is 10.7. The van der Waals surface area contributed by atoms with Crippen LogP contribution < -0.4 is 0 Å². The zero-order chi connectivity index (χ0) is 34.6. The van der Waals surface area contributed by atoms with Crippen LogP contribution in [-0.4, -0.2) is 54.0 Å². The Morgan fingerprint density at radius 2 is 1.50 bits per heavy atom. The number of ether oxygens (including phenoxy) is 2. The van der Waals surface area contributed by atoms with Gasteiger partial charge < -0.3 is 24.8 Å². The molecule has 48 heavy (non-hydrogen) atoms. The lowest BCUT2D eigenvalue weighted by molar-refractivity contribution is -0.141. The van der Waals surface area contributed by atoms with Crippen LogP contribution in [0.5, 0.6) is 0 Å². The number of carbonyl (C=O) groups excluding carboxylic acids is 1. The number of hydrogen-bond acceptors (Lipinski definition) is 6. The number of aliphatic hydroxyl groups excluding tert-OH is 3. The summed E-state index contributed by atoms with van der Waals surface area (Å²) in [6.45, 7) is 8.00. The Morgan fingerprint density at radius 1 is 0.854 bits per heavy atom. The van der Waals surface area contributed by atoms with Crippen LogP contribution in [0.25, 0.3) is 11.1 Å². The van der Waals surface area contributed by atoms with Gasteiger partial charge in [0.1, 0.15) is 6.61 Å². The molecule has 0 saturated heterocycles.